The van der Waals surface area contributed by atoms with Gasteiger partial charge >= 0.3 is 5.97 Å². The number of carbonyl (C=O) groups excluding carboxylic acids is 1. The molecular weight excluding hydrogens is 741 g/mol. The van der Waals surface area contributed by atoms with E-state index >= 15 is 0 Å². The quantitative estimate of drug-likeness (QED) is 0.0930. The van der Waals surface area contributed by atoms with Crippen LogP contribution in [0.1, 0.15) is 10.4 Å². The van der Waals surface area contributed by atoms with Crippen molar-refractivity contribution in [3.63, 3.8) is 0 Å². The van der Waals surface area contributed by atoms with Gasteiger partial charge in [0.1, 0.15) is 10.5 Å². The highest BCUT2D eigenvalue weighted by Gasteiger charge is 2.32. The van der Waals surface area contributed by atoms with E-state index in [1.54, 1.807) is 45.2 Å². The lowest BCUT2D eigenvalue weighted by Gasteiger charge is -2.14. The molecule has 0 spiro atoms. The van der Waals surface area contributed by atoms with Crippen molar-refractivity contribution >= 4 is 83.9 Å². The van der Waals surface area contributed by atoms with Crippen LogP contribution in [0.25, 0.3) is 0 Å². The molecule has 0 saturated carbocycles. The Morgan fingerprint density at radius 3 is 2.00 bits per heavy atom. The van der Waals surface area contributed by atoms with Gasteiger partial charge in [-0.3, -0.25) is 4.55 Å². The lowest BCUT2D eigenvalue weighted by Crippen LogP contribution is -2.17. The number of rotatable bonds is 3. The highest BCUT2D eigenvalue weighted by Crippen LogP contribution is 2.37. The average molecular weight is 744 g/mol. The van der Waals surface area contributed by atoms with Gasteiger partial charge in [-0.25, -0.2) is 18.0 Å². The first-order valence-corrected chi connectivity index (χ1v) is 10.9. The second-order valence-electron chi connectivity index (χ2n) is 4.66. The number of aromatic hydroxyl groups is 1. The van der Waals surface area contributed by atoms with E-state index in [-0.39, 0.29) is 10.7 Å². The Kier molecular flexibility index (Phi) is 6.85. The van der Waals surface area contributed by atoms with Crippen molar-refractivity contribution in [2.24, 2.45) is 0 Å². The van der Waals surface area contributed by atoms with E-state index in [0.29, 0.717) is 0 Å². The molecule has 2 N–H and O–H groups in total. The SMILES string of the molecule is O=C(Oc1c(I)cc(I)c(S(=O)(=O)O)c1I)c1c(O)c(F)c(F)c(F)c1F. The Hall–Kier alpha value is -0.470. The second-order valence-corrected chi connectivity index (χ2v) is 9.42. The molecule has 2 aromatic carbocycles. The van der Waals surface area contributed by atoms with Crippen LogP contribution in [0.3, 0.4) is 0 Å². The topological polar surface area (TPSA) is 101 Å². The van der Waals surface area contributed by atoms with Gasteiger partial charge in [-0.1, -0.05) is 0 Å². The first-order valence-electron chi connectivity index (χ1n) is 6.21. The van der Waals surface area contributed by atoms with E-state index in [1.165, 1.54) is 28.7 Å². The molecule has 2 rings (SSSR count). The van der Waals surface area contributed by atoms with Crippen LogP contribution in [0.5, 0.6) is 11.5 Å². The highest BCUT2D eigenvalue weighted by atomic mass is 127. The van der Waals surface area contributed by atoms with Crippen molar-refractivity contribution in [2.45, 2.75) is 4.90 Å². The smallest absolute Gasteiger partial charge is 0.350 e. The first-order chi connectivity index (χ1) is 12.3. The predicted octanol–water partition coefficient (Wildman–Crippen LogP) is 4.23. The van der Waals surface area contributed by atoms with E-state index in [1.807, 2.05) is 0 Å². The maximum Gasteiger partial charge on any atom is 0.350 e. The third kappa shape index (κ3) is 4.27. The zero-order valence-electron chi connectivity index (χ0n) is 12.2. The minimum absolute atomic E-state index is 0.0663. The largest absolute Gasteiger partial charge is 0.504 e. The molecule has 0 fully saturated rings. The van der Waals surface area contributed by atoms with Crippen LogP contribution in [-0.2, 0) is 10.1 Å². The molecule has 146 valence electrons. The van der Waals surface area contributed by atoms with E-state index in [0.717, 1.165) is 0 Å². The number of carbonyl (C=O) groups is 1. The first kappa shape index (κ1) is 22.8. The van der Waals surface area contributed by atoms with Crippen molar-refractivity contribution in [3.8, 4) is 11.5 Å². The summed E-state index contributed by atoms with van der Waals surface area (Å²) in [4.78, 5) is 11.5. The molecule has 0 aliphatic carbocycles. The third-order valence-electron chi connectivity index (χ3n) is 2.99. The van der Waals surface area contributed by atoms with E-state index < -0.39 is 61.3 Å². The van der Waals surface area contributed by atoms with Gasteiger partial charge in [0.25, 0.3) is 10.1 Å². The molecule has 0 heterocycles. The fourth-order valence-corrected chi connectivity index (χ4v) is 7.72. The van der Waals surface area contributed by atoms with Gasteiger partial charge in [0.15, 0.2) is 23.1 Å². The Labute approximate surface area is 189 Å². The molecule has 0 unspecified atom stereocenters. The van der Waals surface area contributed by atoms with Crippen molar-refractivity contribution < 1.29 is 45.2 Å². The molecule has 0 radical (unpaired) electrons. The summed E-state index contributed by atoms with van der Waals surface area (Å²) in [6.45, 7) is 0. The van der Waals surface area contributed by atoms with Crippen molar-refractivity contribution in [3.05, 3.63) is 45.6 Å². The molecule has 0 atom stereocenters. The predicted molar refractivity (Wildman–Crippen MR) is 107 cm³/mol. The van der Waals surface area contributed by atoms with Crippen LogP contribution in [0, 0.1) is 34.0 Å². The summed E-state index contributed by atoms with van der Waals surface area (Å²) in [5.41, 5.74) is -1.62. The van der Waals surface area contributed by atoms with Gasteiger partial charge in [-0.05, 0) is 73.8 Å². The number of halogens is 7. The van der Waals surface area contributed by atoms with E-state index in [4.69, 9.17) is 4.74 Å². The number of ether oxygens (including phenoxy) is 1. The van der Waals surface area contributed by atoms with Crippen LogP contribution in [0.2, 0.25) is 0 Å². The molecule has 0 aromatic heterocycles. The number of benzene rings is 2. The Bertz CT molecular complexity index is 1060. The fraction of sp³-hybridized carbons (Fsp3) is 0. The van der Waals surface area contributed by atoms with Gasteiger partial charge in [0.05, 0.1) is 7.14 Å². The van der Waals surface area contributed by atoms with Crippen LogP contribution < -0.4 is 4.74 Å². The summed E-state index contributed by atoms with van der Waals surface area (Å²) < 4.78 is 90.6. The monoisotopic (exact) mass is 744 g/mol. The van der Waals surface area contributed by atoms with Crippen LogP contribution in [0.15, 0.2) is 11.0 Å². The maximum atomic E-state index is 13.8. The lowest BCUT2D eigenvalue weighted by atomic mass is 10.1. The summed E-state index contributed by atoms with van der Waals surface area (Å²) in [5.74, 6) is -13.2. The molecular formula is C13H3F4I3O6S. The Balaban J connectivity index is 2.65. The summed E-state index contributed by atoms with van der Waals surface area (Å²) >= 11 is 4.63. The van der Waals surface area contributed by atoms with E-state index in [2.05, 4.69) is 0 Å². The number of hydrogen-bond acceptors (Lipinski definition) is 5. The average Bonchev–Trinajstić information content (AvgIpc) is 2.53. The zero-order chi connectivity index (χ0) is 20.8. The van der Waals surface area contributed by atoms with Gasteiger partial charge in [0.2, 0.25) is 11.6 Å². The minimum atomic E-state index is -4.74. The number of phenolic OH excluding ortho intramolecular Hbond substituents is 1. The maximum absolute atomic E-state index is 13.8. The van der Waals surface area contributed by atoms with Crippen LogP contribution in [-0.4, -0.2) is 24.0 Å². The number of phenols is 1. The Morgan fingerprint density at radius 2 is 1.48 bits per heavy atom. The molecule has 0 amide bonds. The van der Waals surface area contributed by atoms with Crippen molar-refractivity contribution in [1.29, 1.82) is 0 Å². The summed E-state index contributed by atoms with van der Waals surface area (Å²) in [7, 11) is -4.74. The molecule has 0 aliphatic rings. The van der Waals surface area contributed by atoms with Gasteiger partial charge in [0, 0.05) is 3.57 Å². The summed E-state index contributed by atoms with van der Waals surface area (Å²) in [6, 6.07) is 1.19. The third-order valence-corrected chi connectivity index (χ3v) is 7.34. The van der Waals surface area contributed by atoms with Crippen molar-refractivity contribution in [1.82, 2.24) is 0 Å². The van der Waals surface area contributed by atoms with E-state index in [9.17, 15) is 40.4 Å². The van der Waals surface area contributed by atoms with Crippen LogP contribution >= 0.6 is 67.8 Å². The highest BCUT2D eigenvalue weighted by molar-refractivity contribution is 14.1. The number of hydrogen-bond donors (Lipinski definition) is 2. The van der Waals surface area contributed by atoms with Gasteiger partial charge < -0.3 is 9.84 Å². The minimum Gasteiger partial charge on any atom is -0.504 e. The van der Waals surface area contributed by atoms with Gasteiger partial charge in [-0.15, -0.1) is 0 Å². The summed E-state index contributed by atoms with van der Waals surface area (Å²) in [6.07, 6.45) is 0. The lowest BCUT2D eigenvalue weighted by molar-refractivity contribution is 0.0720. The zero-order valence-corrected chi connectivity index (χ0v) is 19.4. The molecule has 0 saturated heterocycles. The summed E-state index contributed by atoms with van der Waals surface area (Å²) in [5, 5.41) is 9.44. The second kappa shape index (κ2) is 8.11. The van der Waals surface area contributed by atoms with Gasteiger partial charge in [-0.2, -0.15) is 12.8 Å². The standard InChI is InChI=1S/C13H3F4I3O6S/c14-5-4(10(21)8(17)7(16)6(5)15)13(22)26-11-2(18)1-3(19)12(9(11)20)27(23,24)25/h1,21H,(H,23,24,25). The molecule has 27 heavy (non-hydrogen) atoms. The Morgan fingerprint density at radius 1 is 0.963 bits per heavy atom. The molecule has 2 aromatic rings. The molecule has 6 nitrogen and oxygen atoms in total. The molecule has 0 aliphatic heterocycles. The van der Waals surface area contributed by atoms with Crippen molar-refractivity contribution in [2.75, 3.05) is 0 Å². The number of esters is 1. The van der Waals surface area contributed by atoms with Crippen LogP contribution in [0.4, 0.5) is 17.6 Å². The molecule has 0 bridgehead atoms. The normalized spacial score (nSPS) is 11.6. The molecule has 14 heteroatoms. The fourth-order valence-electron chi connectivity index (χ4n) is 1.84.